The second-order valence-electron chi connectivity index (χ2n) is 7.88. The fraction of sp³-hybridized carbons (Fsp3) is 0.364. The van der Waals surface area contributed by atoms with Crippen molar-refractivity contribution < 1.29 is 27.6 Å². The summed E-state index contributed by atoms with van der Waals surface area (Å²) in [6.45, 7) is 4.53. The van der Waals surface area contributed by atoms with Crippen LogP contribution >= 0.6 is 0 Å². The van der Waals surface area contributed by atoms with Crippen LogP contribution < -0.4 is 10.1 Å². The van der Waals surface area contributed by atoms with E-state index in [1.807, 2.05) is 12.1 Å². The second kappa shape index (κ2) is 8.81. The molecular formula is C22H21F3N4O4. The Balaban J connectivity index is 1.68. The molecule has 0 amide bonds. The molecule has 1 aromatic heterocycles. The number of hydrogen-bond donors (Lipinski definition) is 1. The molecule has 2 heterocycles. The van der Waals surface area contributed by atoms with E-state index < -0.39 is 28.4 Å². The molecule has 0 spiro atoms. The lowest BCUT2D eigenvalue weighted by atomic mass is 10.0. The summed E-state index contributed by atoms with van der Waals surface area (Å²) in [5.74, 6) is 0.937. The predicted octanol–water partition coefficient (Wildman–Crippen LogP) is 5.21. The molecule has 33 heavy (non-hydrogen) atoms. The summed E-state index contributed by atoms with van der Waals surface area (Å²) in [6.07, 6.45) is -3.99. The first-order valence-electron chi connectivity index (χ1n) is 10.3. The monoisotopic (exact) mass is 462 g/mol. The van der Waals surface area contributed by atoms with E-state index in [0.29, 0.717) is 41.9 Å². The molecule has 1 N–H and O–H groups in total. The van der Waals surface area contributed by atoms with Crippen LogP contribution in [0.3, 0.4) is 0 Å². The third kappa shape index (κ3) is 4.98. The van der Waals surface area contributed by atoms with Gasteiger partial charge in [-0.25, -0.2) is 0 Å². The molecule has 1 saturated heterocycles. The van der Waals surface area contributed by atoms with Gasteiger partial charge < -0.3 is 14.8 Å². The van der Waals surface area contributed by atoms with Crippen LogP contribution in [0.25, 0.3) is 10.8 Å². The molecular weight excluding hydrogens is 441 g/mol. The summed E-state index contributed by atoms with van der Waals surface area (Å²) < 4.78 is 51.1. The highest BCUT2D eigenvalue weighted by atomic mass is 19.4. The summed E-state index contributed by atoms with van der Waals surface area (Å²) in [4.78, 5) is 10.3. The van der Waals surface area contributed by atoms with E-state index in [-0.39, 0.29) is 11.7 Å². The molecule has 1 unspecified atom stereocenters. The first-order chi connectivity index (χ1) is 15.6. The maximum atomic E-state index is 13.3. The molecule has 2 atom stereocenters. The molecule has 4 rings (SSSR count). The smallest absolute Gasteiger partial charge is 0.416 e. The molecule has 0 radical (unpaired) electrons. The van der Waals surface area contributed by atoms with Crippen molar-refractivity contribution in [2.45, 2.75) is 38.6 Å². The highest BCUT2D eigenvalue weighted by Crippen LogP contribution is 2.35. The van der Waals surface area contributed by atoms with Gasteiger partial charge in [0.2, 0.25) is 0 Å². The zero-order chi connectivity index (χ0) is 23.8. The molecule has 1 aliphatic rings. The van der Waals surface area contributed by atoms with Gasteiger partial charge in [-0.2, -0.15) is 18.3 Å². The largest absolute Gasteiger partial charge is 0.488 e. The van der Waals surface area contributed by atoms with Crippen LogP contribution in [0.5, 0.6) is 5.75 Å². The number of rotatable bonds is 6. The fourth-order valence-electron chi connectivity index (χ4n) is 3.69. The quantitative estimate of drug-likeness (QED) is 0.397. The highest BCUT2D eigenvalue weighted by Gasteiger charge is 2.33. The van der Waals surface area contributed by atoms with Crippen molar-refractivity contribution in [1.82, 2.24) is 10.2 Å². The molecule has 0 bridgehead atoms. The van der Waals surface area contributed by atoms with Crippen molar-refractivity contribution in [2.24, 2.45) is 0 Å². The molecule has 0 aliphatic carbocycles. The zero-order valence-corrected chi connectivity index (χ0v) is 17.8. The summed E-state index contributed by atoms with van der Waals surface area (Å²) in [5, 5.41) is 24.0. The van der Waals surface area contributed by atoms with E-state index in [9.17, 15) is 23.3 Å². The zero-order valence-electron chi connectivity index (χ0n) is 17.8. The number of halogens is 3. The Labute approximate surface area is 186 Å². The third-order valence-electron chi connectivity index (χ3n) is 5.46. The Bertz CT molecular complexity index is 1200. The Morgan fingerprint density at radius 1 is 1.21 bits per heavy atom. The maximum Gasteiger partial charge on any atom is 0.416 e. The molecule has 174 valence electrons. The Hall–Kier alpha value is -3.47. The Morgan fingerprint density at radius 3 is 2.67 bits per heavy atom. The van der Waals surface area contributed by atoms with Crippen LogP contribution in [-0.4, -0.2) is 34.4 Å². The lowest BCUT2D eigenvalue weighted by Crippen LogP contribution is -2.15. The number of ether oxygens (including phenoxy) is 2. The highest BCUT2D eigenvalue weighted by molar-refractivity contribution is 5.94. The van der Waals surface area contributed by atoms with Gasteiger partial charge in [-0.05, 0) is 43.7 Å². The molecule has 8 nitrogen and oxygen atoms in total. The number of non-ortho nitro benzene ring substituents is 1. The molecule has 1 fully saturated rings. The number of anilines is 1. The van der Waals surface area contributed by atoms with Gasteiger partial charge in [-0.3, -0.25) is 10.1 Å². The van der Waals surface area contributed by atoms with Gasteiger partial charge in [-0.1, -0.05) is 0 Å². The third-order valence-corrected chi connectivity index (χ3v) is 5.46. The standard InChI is InChI=1S/C22H21F3N4O4/c1-12(14-7-15(22(23,24)25)9-16(8-14)29(30)31)26-21-20-10-17(33-18-5-6-32-11-18)3-4-19(20)13(2)27-28-21/h3-4,7-10,12,18H,5-6,11H2,1-2H3,(H,26,28)/t12?,18-/m1/s1. The molecule has 1 aliphatic heterocycles. The number of benzene rings is 2. The SMILES string of the molecule is Cc1nnc(NC(C)c2cc([N+](=O)[O-])cc(C(F)(F)F)c2)c2cc(O[C@@H]3CCOC3)ccc12. The minimum absolute atomic E-state index is 0.0562. The number of nitrogens with one attached hydrogen (secondary N) is 1. The number of hydrogen-bond acceptors (Lipinski definition) is 7. The number of fused-ring (bicyclic) bond motifs is 1. The summed E-state index contributed by atoms with van der Waals surface area (Å²) in [5.41, 5.74) is -0.950. The fourth-order valence-corrected chi connectivity index (χ4v) is 3.69. The Morgan fingerprint density at radius 2 is 2.00 bits per heavy atom. The van der Waals surface area contributed by atoms with Crippen molar-refractivity contribution in [3.05, 3.63) is 63.3 Å². The van der Waals surface area contributed by atoms with Gasteiger partial charge in [0, 0.05) is 29.3 Å². The summed E-state index contributed by atoms with van der Waals surface area (Å²) in [6, 6.07) is 7.26. The van der Waals surface area contributed by atoms with Gasteiger partial charge in [-0.15, -0.1) is 5.10 Å². The van der Waals surface area contributed by atoms with Crippen molar-refractivity contribution in [2.75, 3.05) is 18.5 Å². The Kier molecular flexibility index (Phi) is 6.07. The number of nitro groups is 1. The van der Waals surface area contributed by atoms with Crippen molar-refractivity contribution >= 4 is 22.3 Å². The van der Waals surface area contributed by atoms with Gasteiger partial charge in [0.05, 0.1) is 35.4 Å². The predicted molar refractivity (Wildman–Crippen MR) is 114 cm³/mol. The topological polar surface area (TPSA) is 99.4 Å². The lowest BCUT2D eigenvalue weighted by Gasteiger charge is -2.19. The van der Waals surface area contributed by atoms with Crippen LogP contribution in [0.1, 0.15) is 36.2 Å². The first kappa shape index (κ1) is 22.7. The number of aromatic nitrogens is 2. The van der Waals surface area contributed by atoms with E-state index in [1.165, 1.54) is 0 Å². The van der Waals surface area contributed by atoms with E-state index in [2.05, 4.69) is 15.5 Å². The van der Waals surface area contributed by atoms with Crippen LogP contribution in [0.2, 0.25) is 0 Å². The average Bonchev–Trinajstić information content (AvgIpc) is 3.27. The van der Waals surface area contributed by atoms with E-state index in [4.69, 9.17) is 9.47 Å². The average molecular weight is 462 g/mol. The molecule has 3 aromatic rings. The molecule has 0 saturated carbocycles. The minimum atomic E-state index is -4.72. The van der Waals surface area contributed by atoms with Gasteiger partial charge in [0.15, 0.2) is 5.82 Å². The van der Waals surface area contributed by atoms with Gasteiger partial charge in [0.25, 0.3) is 5.69 Å². The van der Waals surface area contributed by atoms with Crippen molar-refractivity contribution in [1.29, 1.82) is 0 Å². The van der Waals surface area contributed by atoms with E-state index >= 15 is 0 Å². The van der Waals surface area contributed by atoms with E-state index in [1.54, 1.807) is 19.9 Å². The van der Waals surface area contributed by atoms with Crippen molar-refractivity contribution in [3.63, 3.8) is 0 Å². The number of nitrogens with zero attached hydrogens (tertiary/aromatic N) is 3. The van der Waals surface area contributed by atoms with Crippen molar-refractivity contribution in [3.8, 4) is 5.75 Å². The minimum Gasteiger partial charge on any atom is -0.488 e. The second-order valence-corrected chi connectivity index (χ2v) is 7.88. The number of alkyl halides is 3. The number of aryl methyl sites for hydroxylation is 1. The normalized spacial score (nSPS) is 17.2. The lowest BCUT2D eigenvalue weighted by molar-refractivity contribution is -0.385. The van der Waals surface area contributed by atoms with Crippen LogP contribution in [0.4, 0.5) is 24.7 Å². The summed E-state index contributed by atoms with van der Waals surface area (Å²) >= 11 is 0. The van der Waals surface area contributed by atoms with Gasteiger partial charge in [0.1, 0.15) is 11.9 Å². The number of nitro benzene ring substituents is 1. The molecule has 11 heteroatoms. The van der Waals surface area contributed by atoms with Crippen LogP contribution in [-0.2, 0) is 10.9 Å². The van der Waals surface area contributed by atoms with Crippen LogP contribution in [0.15, 0.2) is 36.4 Å². The van der Waals surface area contributed by atoms with E-state index in [0.717, 1.165) is 23.9 Å². The summed E-state index contributed by atoms with van der Waals surface area (Å²) in [7, 11) is 0. The maximum absolute atomic E-state index is 13.3. The molecule has 2 aromatic carbocycles. The van der Waals surface area contributed by atoms with Crippen LogP contribution in [0, 0.1) is 17.0 Å². The van der Waals surface area contributed by atoms with Gasteiger partial charge >= 0.3 is 6.18 Å². The first-order valence-corrected chi connectivity index (χ1v) is 10.3.